The summed E-state index contributed by atoms with van der Waals surface area (Å²) in [4.78, 5) is 6.14. The molecule has 0 aliphatic carbocycles. The average molecular weight is 293 g/mol. The van der Waals surface area contributed by atoms with Crippen LogP contribution in [0.2, 0.25) is 0 Å². The van der Waals surface area contributed by atoms with Gasteiger partial charge in [-0.1, -0.05) is 11.3 Å². The average Bonchev–Trinajstić information content (AvgIpc) is 3.05. The van der Waals surface area contributed by atoms with Crippen LogP contribution < -0.4 is 4.90 Å². The summed E-state index contributed by atoms with van der Waals surface area (Å²) in [6.07, 6.45) is 4.34. The van der Waals surface area contributed by atoms with Gasteiger partial charge in [-0.05, 0) is 30.4 Å². The van der Waals surface area contributed by atoms with Gasteiger partial charge in [-0.25, -0.2) is 4.37 Å². The molecule has 7 heteroatoms. The Kier molecular flexibility index (Phi) is 2.97. The normalized spacial score (nSPS) is 26.6. The van der Waals surface area contributed by atoms with Crippen LogP contribution >= 0.6 is 22.9 Å². The van der Waals surface area contributed by atoms with Crippen LogP contribution in [0.5, 0.6) is 0 Å². The molecule has 0 spiro atoms. The van der Waals surface area contributed by atoms with Crippen LogP contribution in [-0.2, 0) is 0 Å². The number of hydrogen-bond donors (Lipinski definition) is 0. The van der Waals surface area contributed by atoms with Crippen LogP contribution in [0, 0.1) is 0 Å². The van der Waals surface area contributed by atoms with E-state index in [4.69, 9.17) is 0 Å². The topological polar surface area (TPSA) is 45.2 Å². The predicted octanol–water partition coefficient (Wildman–Crippen LogP) is 1.95. The molecule has 5 rings (SSSR count). The summed E-state index contributed by atoms with van der Waals surface area (Å²) in [6.45, 7) is 4.72. The zero-order valence-electron chi connectivity index (χ0n) is 10.5. The van der Waals surface area contributed by atoms with Crippen molar-refractivity contribution in [3.05, 3.63) is 12.3 Å². The molecule has 0 saturated carbocycles. The summed E-state index contributed by atoms with van der Waals surface area (Å²) in [5.74, 6) is 0. The molecule has 0 atom stereocenters. The molecule has 5 heterocycles. The second-order valence-corrected chi connectivity index (χ2v) is 6.82. The standard InChI is InChI=1S/C12H15N5S2/c1-4-13-19-10(1)11-14-15-12(18-11)17-8-7-16-5-2-9(17)3-6-16/h1,4,9H,2-3,5-8H2. The van der Waals surface area contributed by atoms with E-state index >= 15 is 0 Å². The zero-order valence-corrected chi connectivity index (χ0v) is 12.2. The molecular weight excluding hydrogens is 278 g/mol. The van der Waals surface area contributed by atoms with Crippen molar-refractivity contribution in [2.75, 3.05) is 31.1 Å². The fourth-order valence-electron chi connectivity index (χ4n) is 2.90. The number of aromatic nitrogens is 3. The second-order valence-electron chi connectivity index (χ2n) is 5.03. The van der Waals surface area contributed by atoms with Crippen molar-refractivity contribution >= 4 is 28.0 Å². The smallest absolute Gasteiger partial charge is 0.208 e. The molecule has 0 unspecified atom stereocenters. The minimum absolute atomic E-state index is 0.654. The lowest BCUT2D eigenvalue weighted by Gasteiger charge is -2.30. The van der Waals surface area contributed by atoms with E-state index < -0.39 is 0 Å². The maximum Gasteiger partial charge on any atom is 0.208 e. The molecular formula is C12H15N5S2. The molecule has 2 bridgehead atoms. The molecule has 2 aromatic rings. The number of rotatable bonds is 2. The lowest BCUT2D eigenvalue weighted by Crippen LogP contribution is -2.37. The molecule has 3 saturated heterocycles. The first kappa shape index (κ1) is 11.7. The lowest BCUT2D eigenvalue weighted by atomic mass is 10.1. The molecule has 3 aliphatic rings. The minimum atomic E-state index is 0.654. The molecule has 0 aromatic carbocycles. The molecule has 5 nitrogen and oxygen atoms in total. The first-order valence-corrected chi connectivity index (χ1v) is 8.23. The molecule has 19 heavy (non-hydrogen) atoms. The van der Waals surface area contributed by atoms with Crippen molar-refractivity contribution in [3.8, 4) is 9.88 Å². The lowest BCUT2D eigenvalue weighted by molar-refractivity contribution is 0.250. The maximum absolute atomic E-state index is 4.41. The third-order valence-electron chi connectivity index (χ3n) is 3.96. The monoisotopic (exact) mass is 293 g/mol. The molecule has 0 amide bonds. The number of nitrogens with zero attached hydrogens (tertiary/aromatic N) is 5. The third-order valence-corrected chi connectivity index (χ3v) is 5.84. The van der Waals surface area contributed by atoms with E-state index in [1.54, 1.807) is 11.3 Å². The van der Waals surface area contributed by atoms with Crippen LogP contribution in [0.25, 0.3) is 9.88 Å². The summed E-state index contributed by atoms with van der Waals surface area (Å²) in [5, 5.41) is 10.8. The highest BCUT2D eigenvalue weighted by Gasteiger charge is 2.30. The highest BCUT2D eigenvalue weighted by molar-refractivity contribution is 7.21. The Hall–Kier alpha value is -1.05. The van der Waals surface area contributed by atoms with Gasteiger partial charge < -0.3 is 9.80 Å². The Morgan fingerprint density at radius 1 is 1.11 bits per heavy atom. The van der Waals surface area contributed by atoms with Gasteiger partial charge in [0.2, 0.25) is 5.13 Å². The van der Waals surface area contributed by atoms with Crippen molar-refractivity contribution in [3.63, 3.8) is 0 Å². The fraction of sp³-hybridized carbons (Fsp3) is 0.583. The van der Waals surface area contributed by atoms with E-state index in [2.05, 4.69) is 24.4 Å². The predicted molar refractivity (Wildman–Crippen MR) is 77.8 cm³/mol. The van der Waals surface area contributed by atoms with Gasteiger partial charge in [0.05, 0.1) is 4.88 Å². The van der Waals surface area contributed by atoms with Gasteiger partial charge in [-0.3, -0.25) is 0 Å². The van der Waals surface area contributed by atoms with E-state index in [-0.39, 0.29) is 0 Å². The summed E-state index contributed by atoms with van der Waals surface area (Å²) >= 11 is 3.19. The quantitative estimate of drug-likeness (QED) is 0.847. The Labute approximate surface area is 120 Å². The summed E-state index contributed by atoms with van der Waals surface area (Å²) in [5.41, 5.74) is 0. The first-order chi connectivity index (χ1) is 9.40. The van der Waals surface area contributed by atoms with Crippen molar-refractivity contribution in [1.29, 1.82) is 0 Å². The van der Waals surface area contributed by atoms with Gasteiger partial charge in [0.1, 0.15) is 0 Å². The summed E-state index contributed by atoms with van der Waals surface area (Å²) < 4.78 is 4.13. The van der Waals surface area contributed by atoms with E-state index in [1.807, 2.05) is 12.3 Å². The fourth-order valence-corrected chi connectivity index (χ4v) is 4.47. The molecule has 3 aliphatic heterocycles. The van der Waals surface area contributed by atoms with Gasteiger partial charge in [0.25, 0.3) is 0 Å². The van der Waals surface area contributed by atoms with Crippen molar-refractivity contribution in [2.24, 2.45) is 0 Å². The Morgan fingerprint density at radius 3 is 2.79 bits per heavy atom. The van der Waals surface area contributed by atoms with Gasteiger partial charge in [-0.15, -0.1) is 10.2 Å². The number of hydrogen-bond acceptors (Lipinski definition) is 7. The first-order valence-electron chi connectivity index (χ1n) is 6.64. The van der Waals surface area contributed by atoms with E-state index in [9.17, 15) is 0 Å². The molecule has 0 N–H and O–H groups in total. The van der Waals surface area contributed by atoms with E-state index in [0.717, 1.165) is 28.1 Å². The molecule has 3 fully saturated rings. The highest BCUT2D eigenvalue weighted by atomic mass is 32.1. The van der Waals surface area contributed by atoms with Gasteiger partial charge >= 0.3 is 0 Å². The van der Waals surface area contributed by atoms with Crippen LogP contribution in [0.4, 0.5) is 5.13 Å². The number of anilines is 1. The van der Waals surface area contributed by atoms with E-state index in [0.29, 0.717) is 6.04 Å². The molecule has 0 radical (unpaired) electrons. The van der Waals surface area contributed by atoms with Crippen LogP contribution in [0.3, 0.4) is 0 Å². The van der Waals surface area contributed by atoms with Crippen molar-refractivity contribution in [2.45, 2.75) is 18.9 Å². The minimum Gasteiger partial charge on any atom is -0.342 e. The SMILES string of the molecule is c1cc(-c2nnc(N3CCN4CCC3CC4)s2)sn1. The van der Waals surface area contributed by atoms with Gasteiger partial charge in [0, 0.05) is 38.4 Å². The number of fused-ring (bicyclic) bond motifs is 4. The van der Waals surface area contributed by atoms with Crippen molar-refractivity contribution < 1.29 is 0 Å². The summed E-state index contributed by atoms with van der Waals surface area (Å²) in [7, 11) is 0. The number of piperidine rings is 1. The third kappa shape index (κ3) is 2.15. The maximum atomic E-state index is 4.41. The van der Waals surface area contributed by atoms with Crippen LogP contribution in [-0.4, -0.2) is 51.7 Å². The Balaban J connectivity index is 1.62. The second kappa shape index (κ2) is 4.81. The molecule has 2 aromatic heterocycles. The Bertz CT molecular complexity index is 544. The molecule has 100 valence electrons. The van der Waals surface area contributed by atoms with Gasteiger partial charge in [-0.2, -0.15) is 0 Å². The van der Waals surface area contributed by atoms with Crippen LogP contribution in [0.1, 0.15) is 12.8 Å². The Morgan fingerprint density at radius 2 is 2.00 bits per heavy atom. The highest BCUT2D eigenvalue weighted by Crippen LogP contribution is 2.33. The largest absolute Gasteiger partial charge is 0.342 e. The van der Waals surface area contributed by atoms with Gasteiger partial charge in [0.15, 0.2) is 5.01 Å². The van der Waals surface area contributed by atoms with Crippen LogP contribution in [0.15, 0.2) is 12.3 Å². The summed E-state index contributed by atoms with van der Waals surface area (Å²) in [6, 6.07) is 2.66. The zero-order chi connectivity index (χ0) is 12.7. The van der Waals surface area contributed by atoms with Crippen molar-refractivity contribution in [1.82, 2.24) is 19.5 Å². The van der Waals surface area contributed by atoms with E-state index in [1.165, 1.54) is 37.5 Å².